The second-order valence-electron chi connectivity index (χ2n) is 5.96. The minimum Gasteiger partial charge on any atom is -0.327 e. The van der Waals surface area contributed by atoms with Crippen molar-refractivity contribution in [2.45, 2.75) is 51.7 Å². The van der Waals surface area contributed by atoms with Gasteiger partial charge in [0, 0.05) is 19.1 Å². The van der Waals surface area contributed by atoms with Gasteiger partial charge in [-0.1, -0.05) is 5.21 Å². The predicted octanol–water partition coefficient (Wildman–Crippen LogP) is 1.38. The lowest BCUT2D eigenvalue weighted by Crippen LogP contribution is -2.42. The summed E-state index contributed by atoms with van der Waals surface area (Å²) in [6.45, 7) is 9.34. The Morgan fingerprint density at radius 3 is 2.72 bits per heavy atom. The van der Waals surface area contributed by atoms with Crippen molar-refractivity contribution in [3.63, 3.8) is 0 Å². The highest BCUT2D eigenvalue weighted by Gasteiger charge is 2.19. The van der Waals surface area contributed by atoms with Gasteiger partial charge in [0.05, 0.1) is 17.4 Å². The van der Waals surface area contributed by atoms with E-state index in [1.54, 1.807) is 0 Å². The van der Waals surface area contributed by atoms with Gasteiger partial charge >= 0.3 is 0 Å². The molecule has 0 spiro atoms. The number of likely N-dealkylation sites (tertiary alicyclic amines) is 1. The molecule has 0 aromatic carbocycles. The quantitative estimate of drug-likeness (QED) is 0.884. The topological polar surface area (TPSA) is 60.0 Å². The molecule has 0 aliphatic carbocycles. The largest absolute Gasteiger partial charge is 0.327 e. The summed E-state index contributed by atoms with van der Waals surface area (Å²) in [6, 6.07) is 0.321. The molecular weight excluding hydrogens is 250 g/mol. The lowest BCUT2D eigenvalue weighted by molar-refractivity contribution is 0.199. The van der Waals surface area contributed by atoms with Crippen LogP contribution in [-0.4, -0.2) is 39.0 Å². The van der Waals surface area contributed by atoms with E-state index in [-0.39, 0.29) is 17.9 Å². The highest BCUT2D eigenvalue weighted by atomic mass is 35.5. The Bertz CT molecular complexity index is 371. The van der Waals surface area contributed by atoms with Crippen LogP contribution in [0, 0.1) is 0 Å². The van der Waals surface area contributed by atoms with Gasteiger partial charge in [-0.2, -0.15) is 0 Å². The van der Waals surface area contributed by atoms with Crippen molar-refractivity contribution in [2.24, 2.45) is 5.73 Å². The number of aromatic nitrogens is 3. The molecule has 104 valence electrons. The lowest BCUT2D eigenvalue weighted by Gasteiger charge is -2.29. The third kappa shape index (κ3) is 3.93. The minimum absolute atomic E-state index is 0. The molecule has 6 heteroatoms. The van der Waals surface area contributed by atoms with E-state index in [0.717, 1.165) is 31.7 Å². The summed E-state index contributed by atoms with van der Waals surface area (Å²) in [6.07, 6.45) is 4.37. The van der Waals surface area contributed by atoms with Crippen LogP contribution in [0.15, 0.2) is 6.20 Å². The van der Waals surface area contributed by atoms with Crippen LogP contribution in [0.2, 0.25) is 0 Å². The molecule has 18 heavy (non-hydrogen) atoms. The fourth-order valence-corrected chi connectivity index (χ4v) is 2.16. The molecule has 1 aliphatic heterocycles. The Hall–Kier alpha value is -0.650. The molecule has 0 bridgehead atoms. The maximum absolute atomic E-state index is 5.97. The van der Waals surface area contributed by atoms with Gasteiger partial charge < -0.3 is 5.73 Å². The van der Waals surface area contributed by atoms with Crippen molar-refractivity contribution >= 4 is 12.4 Å². The third-order valence-electron chi connectivity index (χ3n) is 3.16. The summed E-state index contributed by atoms with van der Waals surface area (Å²) in [7, 11) is 0. The molecule has 1 fully saturated rings. The standard InChI is InChI=1S/C12H23N5.ClH/c1-12(2,3)17-9-11(14-15-17)8-16-6-4-5-10(13)7-16;/h9-10H,4-8,13H2,1-3H3;1H. The van der Waals surface area contributed by atoms with Gasteiger partial charge in [-0.05, 0) is 40.2 Å². The van der Waals surface area contributed by atoms with E-state index in [4.69, 9.17) is 5.73 Å². The van der Waals surface area contributed by atoms with Crippen molar-refractivity contribution in [1.29, 1.82) is 0 Å². The van der Waals surface area contributed by atoms with Gasteiger partial charge in [0.1, 0.15) is 0 Å². The fourth-order valence-electron chi connectivity index (χ4n) is 2.16. The van der Waals surface area contributed by atoms with E-state index < -0.39 is 0 Å². The molecule has 1 atom stereocenters. The van der Waals surface area contributed by atoms with E-state index in [9.17, 15) is 0 Å². The molecule has 2 heterocycles. The molecule has 0 radical (unpaired) electrons. The molecular formula is C12H24ClN5. The first kappa shape index (κ1) is 15.4. The summed E-state index contributed by atoms with van der Waals surface area (Å²) in [5, 5.41) is 8.41. The first-order valence-electron chi connectivity index (χ1n) is 6.35. The number of hydrogen-bond acceptors (Lipinski definition) is 4. The van der Waals surface area contributed by atoms with Gasteiger partial charge in [0.15, 0.2) is 0 Å². The summed E-state index contributed by atoms with van der Waals surface area (Å²) in [5.41, 5.74) is 7.01. The summed E-state index contributed by atoms with van der Waals surface area (Å²) in [4.78, 5) is 2.37. The Balaban J connectivity index is 0.00000162. The molecule has 2 rings (SSSR count). The first-order chi connectivity index (χ1) is 7.95. The zero-order valence-electron chi connectivity index (χ0n) is 11.5. The molecule has 1 aliphatic rings. The van der Waals surface area contributed by atoms with Crippen molar-refractivity contribution in [1.82, 2.24) is 19.9 Å². The van der Waals surface area contributed by atoms with E-state index in [2.05, 4.69) is 36.0 Å². The molecule has 1 saturated heterocycles. The van der Waals surface area contributed by atoms with E-state index in [1.165, 1.54) is 6.42 Å². The zero-order chi connectivity index (χ0) is 12.5. The smallest absolute Gasteiger partial charge is 0.0967 e. The fraction of sp³-hybridized carbons (Fsp3) is 0.833. The second kappa shape index (κ2) is 5.99. The Morgan fingerprint density at radius 1 is 1.44 bits per heavy atom. The molecule has 1 unspecified atom stereocenters. The monoisotopic (exact) mass is 273 g/mol. The van der Waals surface area contributed by atoms with Crippen LogP contribution in [0.5, 0.6) is 0 Å². The van der Waals surface area contributed by atoms with Crippen LogP contribution >= 0.6 is 12.4 Å². The summed E-state index contributed by atoms with van der Waals surface area (Å²) < 4.78 is 1.92. The molecule has 0 amide bonds. The highest BCUT2D eigenvalue weighted by Crippen LogP contribution is 2.14. The molecule has 5 nitrogen and oxygen atoms in total. The van der Waals surface area contributed by atoms with Gasteiger partial charge in [-0.25, -0.2) is 4.68 Å². The number of rotatable bonds is 2. The van der Waals surface area contributed by atoms with Gasteiger partial charge in [-0.3, -0.25) is 4.90 Å². The van der Waals surface area contributed by atoms with Gasteiger partial charge in [0.25, 0.3) is 0 Å². The summed E-state index contributed by atoms with van der Waals surface area (Å²) >= 11 is 0. The van der Waals surface area contributed by atoms with Crippen LogP contribution in [0.1, 0.15) is 39.3 Å². The number of nitrogens with two attached hydrogens (primary N) is 1. The van der Waals surface area contributed by atoms with Crippen LogP contribution < -0.4 is 5.73 Å². The average molecular weight is 274 g/mol. The lowest BCUT2D eigenvalue weighted by atomic mass is 10.1. The predicted molar refractivity (Wildman–Crippen MR) is 74.8 cm³/mol. The number of hydrogen-bond donors (Lipinski definition) is 1. The number of piperidine rings is 1. The molecule has 2 N–H and O–H groups in total. The number of halogens is 1. The molecule has 1 aromatic rings. The van der Waals surface area contributed by atoms with Crippen molar-refractivity contribution in [3.05, 3.63) is 11.9 Å². The first-order valence-corrected chi connectivity index (χ1v) is 6.35. The van der Waals surface area contributed by atoms with Crippen molar-refractivity contribution < 1.29 is 0 Å². The van der Waals surface area contributed by atoms with E-state index >= 15 is 0 Å². The van der Waals surface area contributed by atoms with Crippen molar-refractivity contribution in [2.75, 3.05) is 13.1 Å². The second-order valence-corrected chi connectivity index (χ2v) is 5.96. The average Bonchev–Trinajstić information content (AvgIpc) is 2.65. The summed E-state index contributed by atoms with van der Waals surface area (Å²) in [5.74, 6) is 0. The van der Waals surface area contributed by atoms with Crippen LogP contribution in [0.25, 0.3) is 0 Å². The van der Waals surface area contributed by atoms with Crippen LogP contribution in [0.4, 0.5) is 0 Å². The highest BCUT2D eigenvalue weighted by molar-refractivity contribution is 5.85. The molecule has 0 saturated carbocycles. The van der Waals surface area contributed by atoms with Crippen LogP contribution in [0.3, 0.4) is 0 Å². The normalized spacial score (nSPS) is 21.7. The van der Waals surface area contributed by atoms with Crippen LogP contribution in [-0.2, 0) is 12.1 Å². The number of nitrogens with zero attached hydrogens (tertiary/aromatic N) is 4. The van der Waals surface area contributed by atoms with E-state index in [1.807, 2.05) is 10.9 Å². The Morgan fingerprint density at radius 2 is 2.17 bits per heavy atom. The SMILES string of the molecule is CC(C)(C)n1cc(CN2CCCC(N)C2)nn1.Cl. The third-order valence-corrected chi connectivity index (χ3v) is 3.16. The Labute approximate surface area is 115 Å². The Kier molecular flexibility index (Phi) is 5.13. The van der Waals surface area contributed by atoms with Gasteiger partial charge in [-0.15, -0.1) is 17.5 Å². The maximum atomic E-state index is 5.97. The zero-order valence-corrected chi connectivity index (χ0v) is 12.3. The van der Waals surface area contributed by atoms with Crippen molar-refractivity contribution in [3.8, 4) is 0 Å². The molecule has 1 aromatic heterocycles. The minimum atomic E-state index is 0. The van der Waals surface area contributed by atoms with E-state index in [0.29, 0.717) is 6.04 Å². The van der Waals surface area contributed by atoms with Gasteiger partial charge in [0.2, 0.25) is 0 Å². The maximum Gasteiger partial charge on any atom is 0.0967 e.